The van der Waals surface area contributed by atoms with Crippen molar-refractivity contribution in [3.63, 3.8) is 0 Å². The third kappa shape index (κ3) is 3.35. The topological polar surface area (TPSA) is 34.4 Å². The standard InChI is InChI=1S/C13H21NO2/c1-3-6-15-9-11-7-13(16-10(11)2)8-14-12-4-5-12/h7,12,14H,3-6,8-9H2,1-2H3. The molecule has 1 aromatic heterocycles. The van der Waals surface area contributed by atoms with Crippen LogP contribution < -0.4 is 5.32 Å². The molecule has 1 N–H and O–H groups in total. The first kappa shape index (κ1) is 11.7. The molecule has 1 saturated carbocycles. The molecule has 1 aromatic rings. The van der Waals surface area contributed by atoms with Gasteiger partial charge in [0.15, 0.2) is 0 Å². The highest BCUT2D eigenvalue weighted by molar-refractivity contribution is 5.20. The molecule has 0 amide bonds. The van der Waals surface area contributed by atoms with Gasteiger partial charge in [0.25, 0.3) is 0 Å². The van der Waals surface area contributed by atoms with Gasteiger partial charge in [-0.25, -0.2) is 0 Å². The van der Waals surface area contributed by atoms with Gasteiger partial charge in [-0.3, -0.25) is 0 Å². The summed E-state index contributed by atoms with van der Waals surface area (Å²) in [6, 6.07) is 2.84. The third-order valence-electron chi connectivity index (χ3n) is 2.82. The van der Waals surface area contributed by atoms with Crippen LogP contribution in [-0.2, 0) is 17.9 Å². The highest BCUT2D eigenvalue weighted by atomic mass is 16.5. The lowest BCUT2D eigenvalue weighted by atomic mass is 10.2. The van der Waals surface area contributed by atoms with Gasteiger partial charge in [0, 0.05) is 18.2 Å². The molecular weight excluding hydrogens is 202 g/mol. The van der Waals surface area contributed by atoms with Gasteiger partial charge in [-0.2, -0.15) is 0 Å². The number of nitrogens with one attached hydrogen (secondary N) is 1. The molecule has 0 radical (unpaired) electrons. The van der Waals surface area contributed by atoms with Crippen molar-refractivity contribution in [1.29, 1.82) is 0 Å². The van der Waals surface area contributed by atoms with Crippen LogP contribution in [0.2, 0.25) is 0 Å². The molecule has 1 fully saturated rings. The summed E-state index contributed by atoms with van der Waals surface area (Å²) >= 11 is 0. The van der Waals surface area contributed by atoms with Crippen molar-refractivity contribution in [3.8, 4) is 0 Å². The summed E-state index contributed by atoms with van der Waals surface area (Å²) in [7, 11) is 0. The second kappa shape index (κ2) is 5.51. The number of ether oxygens (including phenoxy) is 1. The molecule has 2 rings (SSSR count). The number of hydrogen-bond acceptors (Lipinski definition) is 3. The number of furan rings is 1. The first-order chi connectivity index (χ1) is 7.79. The Balaban J connectivity index is 1.81. The van der Waals surface area contributed by atoms with E-state index in [0.29, 0.717) is 6.61 Å². The fourth-order valence-electron chi connectivity index (χ4n) is 1.68. The predicted octanol–water partition coefficient (Wildman–Crippen LogP) is 2.77. The number of aryl methyl sites for hydroxylation is 1. The Hall–Kier alpha value is -0.800. The molecule has 0 saturated heterocycles. The van der Waals surface area contributed by atoms with Crippen molar-refractivity contribution in [1.82, 2.24) is 5.32 Å². The summed E-state index contributed by atoms with van der Waals surface area (Å²) in [6.45, 7) is 6.46. The van der Waals surface area contributed by atoms with Gasteiger partial charge in [-0.1, -0.05) is 6.92 Å². The quantitative estimate of drug-likeness (QED) is 0.722. The molecule has 16 heavy (non-hydrogen) atoms. The first-order valence-corrected chi connectivity index (χ1v) is 6.19. The van der Waals surface area contributed by atoms with E-state index in [1.807, 2.05) is 6.92 Å². The second-order valence-corrected chi connectivity index (χ2v) is 4.50. The van der Waals surface area contributed by atoms with Gasteiger partial charge in [-0.05, 0) is 32.3 Å². The first-order valence-electron chi connectivity index (χ1n) is 6.19. The Bertz CT molecular complexity index is 329. The van der Waals surface area contributed by atoms with Gasteiger partial charge < -0.3 is 14.5 Å². The number of hydrogen-bond donors (Lipinski definition) is 1. The molecule has 0 aliphatic heterocycles. The maximum atomic E-state index is 5.68. The largest absolute Gasteiger partial charge is 0.465 e. The molecule has 1 aliphatic carbocycles. The van der Waals surface area contributed by atoms with Crippen LogP contribution in [0, 0.1) is 6.92 Å². The van der Waals surface area contributed by atoms with Crippen molar-refractivity contribution < 1.29 is 9.15 Å². The lowest BCUT2D eigenvalue weighted by molar-refractivity contribution is 0.120. The Morgan fingerprint density at radius 3 is 3.00 bits per heavy atom. The monoisotopic (exact) mass is 223 g/mol. The normalized spacial score (nSPS) is 15.6. The van der Waals surface area contributed by atoms with Crippen LogP contribution in [0.3, 0.4) is 0 Å². The van der Waals surface area contributed by atoms with Crippen LogP contribution in [0.4, 0.5) is 0 Å². The zero-order valence-corrected chi connectivity index (χ0v) is 10.2. The van der Waals surface area contributed by atoms with E-state index in [4.69, 9.17) is 9.15 Å². The zero-order valence-electron chi connectivity index (χ0n) is 10.2. The SMILES string of the molecule is CCCOCc1cc(CNC2CC2)oc1C. The van der Waals surface area contributed by atoms with Gasteiger partial charge >= 0.3 is 0 Å². The van der Waals surface area contributed by atoms with E-state index >= 15 is 0 Å². The van der Waals surface area contributed by atoms with Crippen molar-refractivity contribution in [2.24, 2.45) is 0 Å². The fourth-order valence-corrected chi connectivity index (χ4v) is 1.68. The smallest absolute Gasteiger partial charge is 0.118 e. The van der Waals surface area contributed by atoms with E-state index in [9.17, 15) is 0 Å². The summed E-state index contributed by atoms with van der Waals surface area (Å²) in [5, 5.41) is 3.45. The lowest BCUT2D eigenvalue weighted by Gasteiger charge is -1.99. The average Bonchev–Trinajstić information content (AvgIpc) is 3.02. The molecular formula is C13H21NO2. The van der Waals surface area contributed by atoms with E-state index < -0.39 is 0 Å². The van der Waals surface area contributed by atoms with Crippen molar-refractivity contribution >= 4 is 0 Å². The van der Waals surface area contributed by atoms with Crippen LogP contribution in [-0.4, -0.2) is 12.6 Å². The zero-order chi connectivity index (χ0) is 11.4. The highest BCUT2D eigenvalue weighted by Crippen LogP contribution is 2.21. The molecule has 1 heterocycles. The molecule has 0 aromatic carbocycles. The number of rotatable bonds is 7. The van der Waals surface area contributed by atoms with Crippen molar-refractivity contribution in [2.75, 3.05) is 6.61 Å². The van der Waals surface area contributed by atoms with E-state index in [1.54, 1.807) is 0 Å². The Labute approximate surface area is 97.2 Å². The van der Waals surface area contributed by atoms with Crippen LogP contribution in [0.15, 0.2) is 10.5 Å². The molecule has 0 bridgehead atoms. The summed E-state index contributed by atoms with van der Waals surface area (Å²) in [4.78, 5) is 0. The van der Waals surface area contributed by atoms with Gasteiger partial charge in [0.1, 0.15) is 11.5 Å². The van der Waals surface area contributed by atoms with E-state index in [0.717, 1.165) is 37.1 Å². The molecule has 90 valence electrons. The van der Waals surface area contributed by atoms with E-state index in [-0.39, 0.29) is 0 Å². The average molecular weight is 223 g/mol. The minimum atomic E-state index is 0.673. The molecule has 0 unspecified atom stereocenters. The Morgan fingerprint density at radius 1 is 1.50 bits per heavy atom. The van der Waals surface area contributed by atoms with Gasteiger partial charge in [0.05, 0.1) is 13.2 Å². The van der Waals surface area contributed by atoms with Gasteiger partial charge in [-0.15, -0.1) is 0 Å². The molecule has 1 aliphatic rings. The maximum absolute atomic E-state index is 5.68. The minimum absolute atomic E-state index is 0.673. The highest BCUT2D eigenvalue weighted by Gasteiger charge is 2.20. The fraction of sp³-hybridized carbons (Fsp3) is 0.692. The van der Waals surface area contributed by atoms with Crippen LogP contribution in [0.5, 0.6) is 0 Å². The molecule has 0 spiro atoms. The maximum Gasteiger partial charge on any atom is 0.118 e. The van der Waals surface area contributed by atoms with Crippen LogP contribution in [0.1, 0.15) is 43.3 Å². The van der Waals surface area contributed by atoms with Crippen molar-refractivity contribution in [3.05, 3.63) is 23.2 Å². The lowest BCUT2D eigenvalue weighted by Crippen LogP contribution is -2.14. The minimum Gasteiger partial charge on any atom is -0.465 e. The Morgan fingerprint density at radius 2 is 2.31 bits per heavy atom. The summed E-state index contributed by atoms with van der Waals surface area (Å²) in [5.41, 5.74) is 1.18. The predicted molar refractivity (Wildman–Crippen MR) is 63.3 cm³/mol. The van der Waals surface area contributed by atoms with E-state index in [1.165, 1.54) is 18.4 Å². The molecule has 3 heteroatoms. The van der Waals surface area contributed by atoms with Crippen LogP contribution in [0.25, 0.3) is 0 Å². The summed E-state index contributed by atoms with van der Waals surface area (Å²) < 4.78 is 11.2. The van der Waals surface area contributed by atoms with E-state index in [2.05, 4.69) is 18.3 Å². The second-order valence-electron chi connectivity index (χ2n) is 4.50. The van der Waals surface area contributed by atoms with Crippen LogP contribution >= 0.6 is 0 Å². The summed E-state index contributed by atoms with van der Waals surface area (Å²) in [5.74, 6) is 2.02. The van der Waals surface area contributed by atoms with Crippen molar-refractivity contribution in [2.45, 2.75) is 52.3 Å². The summed E-state index contributed by atoms with van der Waals surface area (Å²) in [6.07, 6.45) is 3.69. The third-order valence-corrected chi connectivity index (χ3v) is 2.82. The Kier molecular flexibility index (Phi) is 4.02. The molecule has 0 atom stereocenters. The van der Waals surface area contributed by atoms with Gasteiger partial charge in [0.2, 0.25) is 0 Å². The molecule has 3 nitrogen and oxygen atoms in total.